The van der Waals surface area contributed by atoms with Crippen LogP contribution in [-0.4, -0.2) is 31.2 Å². The number of piperidine rings is 2. The number of benzene rings is 1. The summed E-state index contributed by atoms with van der Waals surface area (Å²) < 4.78 is 0. The van der Waals surface area contributed by atoms with E-state index in [1.54, 1.807) is 6.07 Å². The number of anilines is 1. The Hall–Kier alpha value is -1.81. The van der Waals surface area contributed by atoms with Gasteiger partial charge in [0.2, 0.25) is 5.56 Å². The fraction of sp³-hybridized carbons (Fsp3) is 0.500. The van der Waals surface area contributed by atoms with Gasteiger partial charge in [0.25, 0.3) is 0 Å². The Morgan fingerprint density at radius 3 is 2.50 bits per heavy atom. The Balaban J connectivity index is 1.62. The number of hydrogen-bond acceptors (Lipinski definition) is 3. The summed E-state index contributed by atoms with van der Waals surface area (Å²) in [5, 5.41) is 4.63. The second-order valence-corrected chi connectivity index (χ2v) is 6.80. The molecule has 0 saturated carbocycles. The molecule has 1 aromatic carbocycles. The molecule has 22 heavy (non-hydrogen) atoms. The summed E-state index contributed by atoms with van der Waals surface area (Å²) in [6, 6.07) is 9.88. The van der Waals surface area contributed by atoms with E-state index in [4.69, 9.17) is 0 Å². The lowest BCUT2D eigenvalue weighted by molar-refractivity contribution is 0.155. The summed E-state index contributed by atoms with van der Waals surface area (Å²) in [4.78, 5) is 17.3. The van der Waals surface area contributed by atoms with Gasteiger partial charge in [-0.1, -0.05) is 18.2 Å². The molecule has 4 nitrogen and oxygen atoms in total. The van der Waals surface area contributed by atoms with Crippen LogP contribution in [0.3, 0.4) is 0 Å². The van der Waals surface area contributed by atoms with E-state index in [1.807, 2.05) is 18.2 Å². The van der Waals surface area contributed by atoms with Gasteiger partial charge in [-0.15, -0.1) is 0 Å². The van der Waals surface area contributed by atoms with Crippen LogP contribution in [0, 0.1) is 5.41 Å². The van der Waals surface area contributed by atoms with Crippen LogP contribution in [0.1, 0.15) is 25.7 Å². The van der Waals surface area contributed by atoms with Crippen molar-refractivity contribution in [2.75, 3.05) is 31.1 Å². The number of H-pyrrole nitrogens is 1. The van der Waals surface area contributed by atoms with Crippen molar-refractivity contribution in [3.63, 3.8) is 0 Å². The Bertz CT molecular complexity index is 720. The summed E-state index contributed by atoms with van der Waals surface area (Å²) in [6.07, 6.45) is 5.10. The van der Waals surface area contributed by atoms with Gasteiger partial charge in [0.05, 0.1) is 11.2 Å². The lowest BCUT2D eigenvalue weighted by Crippen LogP contribution is -2.45. The van der Waals surface area contributed by atoms with Crippen LogP contribution in [0.25, 0.3) is 10.9 Å². The SMILES string of the molecule is O=c1cc(N2CCC3(CCNCC3)CC2)c2ccccc2[nH]1. The molecule has 2 saturated heterocycles. The topological polar surface area (TPSA) is 48.1 Å². The smallest absolute Gasteiger partial charge is 0.250 e. The average Bonchev–Trinajstić information content (AvgIpc) is 2.56. The highest BCUT2D eigenvalue weighted by Gasteiger charge is 2.35. The first-order valence-corrected chi connectivity index (χ1v) is 8.34. The highest BCUT2D eigenvalue weighted by atomic mass is 16.1. The number of nitrogens with one attached hydrogen (secondary N) is 2. The summed E-state index contributed by atoms with van der Waals surface area (Å²) in [6.45, 7) is 4.45. The molecule has 0 aliphatic carbocycles. The molecule has 2 aliphatic heterocycles. The molecule has 2 aromatic rings. The van der Waals surface area contributed by atoms with E-state index in [-0.39, 0.29) is 5.56 Å². The van der Waals surface area contributed by atoms with Crippen molar-refractivity contribution in [1.82, 2.24) is 10.3 Å². The Morgan fingerprint density at radius 1 is 1.00 bits per heavy atom. The Labute approximate surface area is 130 Å². The lowest BCUT2D eigenvalue weighted by Gasteiger charge is -2.45. The Kier molecular flexibility index (Phi) is 3.41. The Morgan fingerprint density at radius 2 is 1.73 bits per heavy atom. The van der Waals surface area contributed by atoms with Gasteiger partial charge in [-0.05, 0) is 50.3 Å². The first kappa shape index (κ1) is 13.8. The molecular weight excluding hydrogens is 274 g/mol. The molecule has 1 aromatic heterocycles. The molecule has 0 atom stereocenters. The summed E-state index contributed by atoms with van der Waals surface area (Å²) in [7, 11) is 0. The zero-order valence-electron chi connectivity index (χ0n) is 12.9. The number of rotatable bonds is 1. The van der Waals surface area contributed by atoms with Gasteiger partial charge in [-0.2, -0.15) is 0 Å². The number of fused-ring (bicyclic) bond motifs is 1. The molecule has 2 N–H and O–H groups in total. The molecule has 3 heterocycles. The van der Waals surface area contributed by atoms with Gasteiger partial charge in [-0.3, -0.25) is 4.79 Å². The van der Waals surface area contributed by atoms with Crippen molar-refractivity contribution < 1.29 is 0 Å². The molecule has 4 heteroatoms. The fourth-order valence-corrected chi connectivity index (χ4v) is 4.13. The number of nitrogens with zero attached hydrogens (tertiary/aromatic N) is 1. The fourth-order valence-electron chi connectivity index (χ4n) is 4.13. The zero-order valence-corrected chi connectivity index (χ0v) is 12.9. The number of aromatic amines is 1. The van der Waals surface area contributed by atoms with Crippen molar-refractivity contribution >= 4 is 16.6 Å². The van der Waals surface area contributed by atoms with Gasteiger partial charge in [0.15, 0.2) is 0 Å². The number of pyridine rings is 1. The van der Waals surface area contributed by atoms with Gasteiger partial charge >= 0.3 is 0 Å². The second kappa shape index (κ2) is 5.43. The van der Waals surface area contributed by atoms with E-state index in [0.29, 0.717) is 5.41 Å². The third kappa shape index (κ3) is 2.41. The van der Waals surface area contributed by atoms with E-state index < -0.39 is 0 Å². The molecule has 2 fully saturated rings. The van der Waals surface area contributed by atoms with E-state index in [2.05, 4.69) is 21.3 Å². The molecule has 0 bridgehead atoms. The molecule has 0 amide bonds. The molecule has 0 radical (unpaired) electrons. The maximum absolute atomic E-state index is 12.0. The largest absolute Gasteiger partial charge is 0.371 e. The highest BCUT2D eigenvalue weighted by Crippen LogP contribution is 2.41. The van der Waals surface area contributed by atoms with E-state index in [1.165, 1.54) is 25.7 Å². The highest BCUT2D eigenvalue weighted by molar-refractivity contribution is 5.91. The van der Waals surface area contributed by atoms with Gasteiger partial charge < -0.3 is 15.2 Å². The molecule has 116 valence electrons. The van der Waals surface area contributed by atoms with E-state index >= 15 is 0 Å². The molecular formula is C18H23N3O. The number of aromatic nitrogens is 1. The summed E-state index contributed by atoms with van der Waals surface area (Å²) in [5.41, 5.74) is 2.57. The minimum atomic E-state index is -0.00384. The van der Waals surface area contributed by atoms with Crippen LogP contribution in [-0.2, 0) is 0 Å². The normalized spacial score (nSPS) is 21.4. The molecule has 1 spiro atoms. The van der Waals surface area contributed by atoms with Crippen molar-refractivity contribution in [3.8, 4) is 0 Å². The predicted octanol–water partition coefficient (Wildman–Crippen LogP) is 2.50. The molecule has 0 unspecified atom stereocenters. The third-order valence-corrected chi connectivity index (χ3v) is 5.56. The van der Waals surface area contributed by atoms with Gasteiger partial charge in [-0.25, -0.2) is 0 Å². The van der Waals surface area contributed by atoms with Crippen LogP contribution in [0.4, 0.5) is 5.69 Å². The van der Waals surface area contributed by atoms with E-state index in [9.17, 15) is 4.79 Å². The molecule has 2 aliphatic rings. The van der Waals surface area contributed by atoms with E-state index in [0.717, 1.165) is 42.8 Å². The van der Waals surface area contributed by atoms with Crippen molar-refractivity contribution in [2.24, 2.45) is 5.41 Å². The molecule has 4 rings (SSSR count). The van der Waals surface area contributed by atoms with Crippen molar-refractivity contribution in [3.05, 3.63) is 40.7 Å². The summed E-state index contributed by atoms with van der Waals surface area (Å²) in [5.74, 6) is 0. The van der Waals surface area contributed by atoms with Crippen LogP contribution >= 0.6 is 0 Å². The van der Waals surface area contributed by atoms with Crippen molar-refractivity contribution in [1.29, 1.82) is 0 Å². The summed E-state index contributed by atoms with van der Waals surface area (Å²) >= 11 is 0. The zero-order chi connectivity index (χ0) is 15.0. The van der Waals surface area contributed by atoms with Gasteiger partial charge in [0.1, 0.15) is 0 Å². The van der Waals surface area contributed by atoms with Crippen LogP contribution in [0.15, 0.2) is 35.1 Å². The maximum Gasteiger partial charge on any atom is 0.250 e. The number of hydrogen-bond donors (Lipinski definition) is 2. The standard InChI is InChI=1S/C18H23N3O/c22-17-13-16(14-3-1-2-4-15(14)20-17)21-11-7-18(8-12-21)5-9-19-10-6-18/h1-4,13,19H,5-12H2,(H,20,22). The minimum absolute atomic E-state index is 0.00384. The third-order valence-electron chi connectivity index (χ3n) is 5.56. The number of para-hydroxylation sites is 1. The van der Waals surface area contributed by atoms with Gasteiger partial charge in [0, 0.05) is 24.5 Å². The van der Waals surface area contributed by atoms with Crippen LogP contribution < -0.4 is 15.8 Å². The minimum Gasteiger partial charge on any atom is -0.371 e. The predicted molar refractivity (Wildman–Crippen MR) is 90.6 cm³/mol. The first-order valence-electron chi connectivity index (χ1n) is 8.34. The monoisotopic (exact) mass is 297 g/mol. The lowest BCUT2D eigenvalue weighted by atomic mass is 9.71. The van der Waals surface area contributed by atoms with Crippen LogP contribution in [0.5, 0.6) is 0 Å². The second-order valence-electron chi connectivity index (χ2n) is 6.80. The van der Waals surface area contributed by atoms with Crippen molar-refractivity contribution in [2.45, 2.75) is 25.7 Å². The maximum atomic E-state index is 12.0. The first-order chi connectivity index (χ1) is 10.8. The average molecular weight is 297 g/mol. The quantitative estimate of drug-likeness (QED) is 0.850. The van der Waals surface area contributed by atoms with Crippen LogP contribution in [0.2, 0.25) is 0 Å².